The number of rotatable bonds is 4. The van der Waals surface area contributed by atoms with Gasteiger partial charge in [0.15, 0.2) is 5.78 Å². The highest BCUT2D eigenvalue weighted by Gasteiger charge is 2.11. The highest BCUT2D eigenvalue weighted by Crippen LogP contribution is 2.15. The predicted octanol–water partition coefficient (Wildman–Crippen LogP) is 3.71. The molecule has 0 unspecified atom stereocenters. The van der Waals surface area contributed by atoms with E-state index in [9.17, 15) is 13.6 Å². The molecule has 6 heteroatoms. The Hall–Kier alpha value is -2.40. The first-order valence-electron chi connectivity index (χ1n) is 5.95. The maximum absolute atomic E-state index is 13.5. The quantitative estimate of drug-likeness (QED) is 0.668. The van der Waals surface area contributed by atoms with Crippen LogP contribution in [-0.4, -0.2) is 5.78 Å². The van der Waals surface area contributed by atoms with Gasteiger partial charge in [-0.05, 0) is 36.4 Å². The number of ketones is 1. The zero-order chi connectivity index (χ0) is 15.4. The van der Waals surface area contributed by atoms with Crippen molar-refractivity contribution >= 4 is 23.1 Å². The number of carbonyl (C=O) groups excluding carboxylic acids is 1. The monoisotopic (exact) mass is 308 g/mol. The van der Waals surface area contributed by atoms with E-state index in [2.05, 4.69) is 5.32 Å². The van der Waals surface area contributed by atoms with Crippen LogP contribution >= 0.6 is 11.6 Å². The third-order valence-electron chi connectivity index (χ3n) is 2.62. The Morgan fingerprint density at radius 3 is 2.43 bits per heavy atom. The number of hydrogen-bond acceptors (Lipinski definition) is 3. The van der Waals surface area contributed by atoms with E-state index in [-0.39, 0.29) is 11.4 Å². The summed E-state index contributed by atoms with van der Waals surface area (Å²) >= 11 is 5.74. The van der Waals surface area contributed by atoms with Crippen LogP contribution in [0.1, 0.15) is 10.4 Å². The molecule has 2 aromatic carbocycles. The van der Waals surface area contributed by atoms with E-state index in [1.807, 2.05) is 0 Å². The molecule has 3 nitrogen and oxygen atoms in total. The highest BCUT2D eigenvalue weighted by molar-refractivity contribution is 6.30. The third kappa shape index (κ3) is 4.03. The maximum atomic E-state index is 13.5. The van der Waals surface area contributed by atoms with E-state index in [1.165, 1.54) is 0 Å². The average Bonchev–Trinajstić information content (AvgIpc) is 2.41. The van der Waals surface area contributed by atoms with Crippen molar-refractivity contribution in [3.05, 3.63) is 76.6 Å². The van der Waals surface area contributed by atoms with Crippen LogP contribution in [0.25, 0.3) is 0 Å². The molecule has 2 rings (SSSR count). The van der Waals surface area contributed by atoms with Crippen molar-refractivity contribution in [3.63, 3.8) is 0 Å². The van der Waals surface area contributed by atoms with Crippen molar-refractivity contribution in [1.82, 2.24) is 0 Å². The van der Waals surface area contributed by atoms with Gasteiger partial charge in [0.2, 0.25) is 0 Å². The molecule has 108 valence electrons. The molecule has 0 saturated heterocycles. The number of benzene rings is 2. The van der Waals surface area contributed by atoms with Crippen LogP contribution in [0.5, 0.6) is 0 Å². The maximum Gasteiger partial charge on any atom is 0.192 e. The first-order valence-corrected chi connectivity index (χ1v) is 6.32. The van der Waals surface area contributed by atoms with Crippen LogP contribution < -0.4 is 11.1 Å². The molecule has 21 heavy (non-hydrogen) atoms. The minimum atomic E-state index is -0.935. The van der Waals surface area contributed by atoms with Crippen molar-refractivity contribution < 1.29 is 13.6 Å². The molecule has 0 aromatic heterocycles. The summed E-state index contributed by atoms with van der Waals surface area (Å²) in [5.74, 6) is -2.31. The fourth-order valence-electron chi connectivity index (χ4n) is 1.64. The first-order chi connectivity index (χ1) is 9.95. The van der Waals surface area contributed by atoms with E-state index in [0.717, 1.165) is 18.2 Å². The lowest BCUT2D eigenvalue weighted by Gasteiger charge is -2.06. The minimum absolute atomic E-state index is 0.0334. The van der Waals surface area contributed by atoms with Gasteiger partial charge in [0.25, 0.3) is 0 Å². The van der Waals surface area contributed by atoms with Gasteiger partial charge in [-0.25, -0.2) is 8.78 Å². The summed E-state index contributed by atoms with van der Waals surface area (Å²) in [5.41, 5.74) is 6.03. The normalized spacial score (nSPS) is 11.3. The van der Waals surface area contributed by atoms with Crippen molar-refractivity contribution in [3.8, 4) is 0 Å². The smallest absolute Gasteiger partial charge is 0.192 e. The predicted molar refractivity (Wildman–Crippen MR) is 78.0 cm³/mol. The summed E-state index contributed by atoms with van der Waals surface area (Å²) in [6, 6.07) is 9.37. The van der Waals surface area contributed by atoms with Gasteiger partial charge in [0.1, 0.15) is 17.5 Å². The molecule has 0 radical (unpaired) electrons. The number of halogens is 3. The fraction of sp³-hybridized carbons (Fsp3) is 0. The van der Waals surface area contributed by atoms with Crippen LogP contribution in [0.3, 0.4) is 0 Å². The average molecular weight is 309 g/mol. The van der Waals surface area contributed by atoms with Gasteiger partial charge in [-0.15, -0.1) is 0 Å². The number of hydrogen-bond donors (Lipinski definition) is 2. The second-order valence-electron chi connectivity index (χ2n) is 4.22. The molecule has 3 N–H and O–H groups in total. The molecule has 0 spiro atoms. The Morgan fingerprint density at radius 2 is 1.81 bits per heavy atom. The second kappa shape index (κ2) is 6.37. The summed E-state index contributed by atoms with van der Waals surface area (Å²) in [6.45, 7) is 0. The summed E-state index contributed by atoms with van der Waals surface area (Å²) in [6.07, 6.45) is 1.03. The van der Waals surface area contributed by atoms with Crippen LogP contribution in [0.15, 0.2) is 54.4 Å². The van der Waals surface area contributed by atoms with Crippen LogP contribution in [0.2, 0.25) is 5.02 Å². The molecular formula is C15H11ClF2N2O. The summed E-state index contributed by atoms with van der Waals surface area (Å²) < 4.78 is 26.2. The van der Waals surface area contributed by atoms with E-state index in [4.69, 9.17) is 17.3 Å². The van der Waals surface area contributed by atoms with Crippen LogP contribution in [-0.2, 0) is 0 Å². The molecule has 0 heterocycles. The van der Waals surface area contributed by atoms with Crippen molar-refractivity contribution in [1.29, 1.82) is 0 Å². The van der Waals surface area contributed by atoms with Gasteiger partial charge in [-0.1, -0.05) is 11.6 Å². The molecule has 0 fully saturated rings. The van der Waals surface area contributed by atoms with Crippen LogP contribution in [0, 0.1) is 11.6 Å². The Bertz CT molecular complexity index is 699. The molecular weight excluding hydrogens is 298 g/mol. The van der Waals surface area contributed by atoms with Gasteiger partial charge in [-0.3, -0.25) is 4.79 Å². The summed E-state index contributed by atoms with van der Waals surface area (Å²) in [4.78, 5) is 11.9. The molecule has 0 atom stereocenters. The number of allylic oxidation sites excluding steroid dienone is 1. The Morgan fingerprint density at radius 1 is 1.14 bits per heavy atom. The third-order valence-corrected chi connectivity index (χ3v) is 2.87. The lowest BCUT2D eigenvalue weighted by molar-refractivity contribution is 0.104. The molecule has 0 saturated carbocycles. The summed E-state index contributed by atoms with van der Waals surface area (Å²) in [5, 5.41) is 3.33. The van der Waals surface area contributed by atoms with Gasteiger partial charge >= 0.3 is 0 Å². The topological polar surface area (TPSA) is 55.1 Å². The molecule has 0 bridgehead atoms. The zero-order valence-corrected chi connectivity index (χ0v) is 11.5. The van der Waals surface area contributed by atoms with Gasteiger partial charge in [0, 0.05) is 22.9 Å². The van der Waals surface area contributed by atoms with E-state index in [1.54, 1.807) is 24.3 Å². The summed E-state index contributed by atoms with van der Waals surface area (Å²) in [7, 11) is 0. The zero-order valence-electron chi connectivity index (χ0n) is 10.7. The van der Waals surface area contributed by atoms with Crippen molar-refractivity contribution in [2.24, 2.45) is 5.73 Å². The standard InChI is InChI=1S/C15H11ClF2N2O/c16-9-1-4-11(5-2-9)20-15(19)8-14(21)12-6-3-10(17)7-13(12)18/h1-8,20H,19H2/b15-8+. The van der Waals surface area contributed by atoms with E-state index < -0.39 is 17.4 Å². The molecule has 0 aliphatic carbocycles. The number of anilines is 1. The lowest BCUT2D eigenvalue weighted by Crippen LogP contribution is -2.12. The van der Waals surface area contributed by atoms with E-state index >= 15 is 0 Å². The van der Waals surface area contributed by atoms with Crippen molar-refractivity contribution in [2.75, 3.05) is 5.32 Å². The molecule has 0 amide bonds. The molecule has 0 aliphatic rings. The van der Waals surface area contributed by atoms with Gasteiger partial charge in [-0.2, -0.15) is 0 Å². The molecule has 2 aromatic rings. The van der Waals surface area contributed by atoms with Crippen molar-refractivity contribution in [2.45, 2.75) is 0 Å². The minimum Gasteiger partial charge on any atom is -0.385 e. The van der Waals surface area contributed by atoms with Gasteiger partial charge < -0.3 is 11.1 Å². The number of carbonyl (C=O) groups is 1. The molecule has 0 aliphatic heterocycles. The number of nitrogens with one attached hydrogen (secondary N) is 1. The Balaban J connectivity index is 2.14. The lowest BCUT2D eigenvalue weighted by atomic mass is 10.1. The largest absolute Gasteiger partial charge is 0.385 e. The SMILES string of the molecule is N/C(=C\C(=O)c1ccc(F)cc1F)Nc1ccc(Cl)cc1. The Labute approximate surface area is 125 Å². The van der Waals surface area contributed by atoms with Gasteiger partial charge in [0.05, 0.1) is 5.56 Å². The fourth-order valence-corrected chi connectivity index (χ4v) is 1.77. The Kier molecular flexibility index (Phi) is 4.55. The number of nitrogens with two attached hydrogens (primary N) is 1. The van der Waals surface area contributed by atoms with E-state index in [0.29, 0.717) is 16.8 Å². The van der Waals surface area contributed by atoms with Crippen LogP contribution in [0.4, 0.5) is 14.5 Å². The highest BCUT2D eigenvalue weighted by atomic mass is 35.5. The second-order valence-corrected chi connectivity index (χ2v) is 4.66. The first kappa shape index (κ1) is 15.0.